The molecule has 19 heavy (non-hydrogen) atoms. The van der Waals surface area contributed by atoms with E-state index in [0.29, 0.717) is 23.6 Å². The van der Waals surface area contributed by atoms with E-state index in [-0.39, 0.29) is 11.6 Å². The van der Waals surface area contributed by atoms with Crippen LogP contribution >= 0.6 is 15.9 Å². The number of hydrogen-bond donors (Lipinski definition) is 1. The summed E-state index contributed by atoms with van der Waals surface area (Å²) in [5.41, 5.74) is 0.846. The monoisotopic (exact) mass is 328 g/mol. The fourth-order valence-corrected chi connectivity index (χ4v) is 2.39. The number of rotatable bonds is 6. The molecule has 5 nitrogen and oxygen atoms in total. The van der Waals surface area contributed by atoms with Crippen LogP contribution in [0.3, 0.4) is 0 Å². The van der Waals surface area contributed by atoms with Crippen LogP contribution in [0.15, 0.2) is 18.2 Å². The van der Waals surface area contributed by atoms with E-state index in [1.807, 2.05) is 6.92 Å². The molecule has 1 rings (SSSR count). The van der Waals surface area contributed by atoms with Gasteiger partial charge in [0, 0.05) is 29.1 Å². The Kier molecular flexibility index (Phi) is 5.95. The van der Waals surface area contributed by atoms with Gasteiger partial charge < -0.3 is 5.32 Å². The molecule has 1 unspecified atom stereocenters. The normalized spacial score (nSPS) is 11.9. The SMILES string of the molecule is Cc1ccc(C(=O)NCC(C)CCBr)cc1[N+](=O)[O-]. The van der Waals surface area contributed by atoms with Crippen LogP contribution in [0.5, 0.6) is 0 Å². The Morgan fingerprint density at radius 1 is 1.53 bits per heavy atom. The first kappa shape index (κ1) is 15.6. The van der Waals surface area contributed by atoms with E-state index in [1.165, 1.54) is 6.07 Å². The van der Waals surface area contributed by atoms with Crippen molar-refractivity contribution in [2.24, 2.45) is 5.92 Å². The quantitative estimate of drug-likeness (QED) is 0.495. The van der Waals surface area contributed by atoms with Crippen molar-refractivity contribution in [3.05, 3.63) is 39.4 Å². The van der Waals surface area contributed by atoms with Gasteiger partial charge in [0.25, 0.3) is 11.6 Å². The van der Waals surface area contributed by atoms with Gasteiger partial charge in [-0.3, -0.25) is 14.9 Å². The van der Waals surface area contributed by atoms with Gasteiger partial charge in [-0.1, -0.05) is 28.9 Å². The zero-order valence-corrected chi connectivity index (χ0v) is 12.6. The van der Waals surface area contributed by atoms with Crippen molar-refractivity contribution in [2.75, 3.05) is 11.9 Å². The van der Waals surface area contributed by atoms with Gasteiger partial charge >= 0.3 is 0 Å². The first-order valence-corrected chi connectivity index (χ1v) is 7.17. The number of alkyl halides is 1. The van der Waals surface area contributed by atoms with Crippen LogP contribution in [0.1, 0.15) is 29.3 Å². The topological polar surface area (TPSA) is 72.2 Å². The molecule has 1 atom stereocenters. The smallest absolute Gasteiger partial charge is 0.273 e. The molecule has 0 aliphatic heterocycles. The molecule has 0 bridgehead atoms. The summed E-state index contributed by atoms with van der Waals surface area (Å²) in [5, 5.41) is 14.5. The van der Waals surface area contributed by atoms with E-state index in [9.17, 15) is 14.9 Å². The van der Waals surface area contributed by atoms with Crippen molar-refractivity contribution in [1.82, 2.24) is 5.32 Å². The van der Waals surface area contributed by atoms with Gasteiger partial charge in [-0.2, -0.15) is 0 Å². The average Bonchev–Trinajstić information content (AvgIpc) is 2.36. The first-order valence-electron chi connectivity index (χ1n) is 6.05. The molecule has 0 radical (unpaired) electrons. The Labute approximate surface area is 120 Å². The predicted molar refractivity (Wildman–Crippen MR) is 77.7 cm³/mol. The van der Waals surface area contributed by atoms with Crippen LogP contribution in [-0.4, -0.2) is 22.7 Å². The minimum Gasteiger partial charge on any atom is -0.352 e. The van der Waals surface area contributed by atoms with E-state index in [4.69, 9.17) is 0 Å². The van der Waals surface area contributed by atoms with Crippen molar-refractivity contribution in [3.8, 4) is 0 Å². The van der Waals surface area contributed by atoms with Crippen LogP contribution < -0.4 is 5.32 Å². The molecule has 1 N–H and O–H groups in total. The van der Waals surface area contributed by atoms with Gasteiger partial charge in [-0.05, 0) is 25.3 Å². The van der Waals surface area contributed by atoms with Crippen molar-refractivity contribution < 1.29 is 9.72 Å². The second-order valence-corrected chi connectivity index (χ2v) is 5.34. The summed E-state index contributed by atoms with van der Waals surface area (Å²) in [6.07, 6.45) is 0.967. The molecule has 1 amide bonds. The van der Waals surface area contributed by atoms with E-state index in [2.05, 4.69) is 21.2 Å². The van der Waals surface area contributed by atoms with Crippen molar-refractivity contribution in [2.45, 2.75) is 20.3 Å². The third-order valence-corrected chi connectivity index (χ3v) is 3.34. The number of nitro benzene ring substituents is 1. The van der Waals surface area contributed by atoms with E-state index >= 15 is 0 Å². The second kappa shape index (κ2) is 7.23. The van der Waals surface area contributed by atoms with E-state index in [1.54, 1.807) is 19.1 Å². The summed E-state index contributed by atoms with van der Waals surface area (Å²) in [6, 6.07) is 4.52. The molecule has 1 aromatic rings. The lowest BCUT2D eigenvalue weighted by atomic mass is 10.1. The molecular formula is C13H17BrN2O3. The number of benzene rings is 1. The average molecular weight is 329 g/mol. The predicted octanol–water partition coefficient (Wildman–Crippen LogP) is 3.05. The number of hydrogen-bond acceptors (Lipinski definition) is 3. The summed E-state index contributed by atoms with van der Waals surface area (Å²) < 4.78 is 0. The Balaban J connectivity index is 2.72. The number of nitrogens with one attached hydrogen (secondary N) is 1. The minimum atomic E-state index is -0.473. The molecule has 1 aromatic carbocycles. The number of halogens is 1. The van der Waals surface area contributed by atoms with Crippen molar-refractivity contribution in [3.63, 3.8) is 0 Å². The van der Waals surface area contributed by atoms with Gasteiger partial charge in [-0.25, -0.2) is 0 Å². The van der Waals surface area contributed by atoms with Crippen molar-refractivity contribution in [1.29, 1.82) is 0 Å². The van der Waals surface area contributed by atoms with E-state index in [0.717, 1.165) is 11.8 Å². The number of amides is 1. The largest absolute Gasteiger partial charge is 0.352 e. The Hall–Kier alpha value is -1.43. The number of aryl methyl sites for hydroxylation is 1. The Morgan fingerprint density at radius 2 is 2.21 bits per heavy atom. The maximum Gasteiger partial charge on any atom is 0.273 e. The zero-order chi connectivity index (χ0) is 14.4. The third-order valence-electron chi connectivity index (χ3n) is 2.88. The molecule has 0 fully saturated rings. The lowest BCUT2D eigenvalue weighted by Crippen LogP contribution is -2.28. The standard InChI is InChI=1S/C13H17BrN2O3/c1-9(5-6-14)8-15-13(17)11-4-3-10(2)12(7-11)16(18)19/h3-4,7,9H,5-6,8H2,1-2H3,(H,15,17). The molecule has 0 aliphatic carbocycles. The van der Waals surface area contributed by atoms with Crippen LogP contribution in [0.2, 0.25) is 0 Å². The minimum absolute atomic E-state index is 0.0267. The molecule has 0 heterocycles. The van der Waals surface area contributed by atoms with Crippen LogP contribution in [-0.2, 0) is 0 Å². The highest BCUT2D eigenvalue weighted by Gasteiger charge is 2.15. The zero-order valence-electron chi connectivity index (χ0n) is 11.0. The molecule has 6 heteroatoms. The fourth-order valence-electron chi connectivity index (χ4n) is 1.60. The van der Waals surface area contributed by atoms with Crippen LogP contribution in [0.4, 0.5) is 5.69 Å². The van der Waals surface area contributed by atoms with Crippen LogP contribution in [0.25, 0.3) is 0 Å². The molecule has 104 valence electrons. The maximum atomic E-state index is 11.9. The molecule has 0 aliphatic rings. The fraction of sp³-hybridized carbons (Fsp3) is 0.462. The molecule has 0 saturated carbocycles. The number of carbonyl (C=O) groups excluding carboxylic acids is 1. The number of nitrogens with zero attached hydrogens (tertiary/aromatic N) is 1. The van der Waals surface area contributed by atoms with Gasteiger partial charge in [-0.15, -0.1) is 0 Å². The summed E-state index contributed by atoms with van der Waals surface area (Å²) in [5.74, 6) is 0.0910. The summed E-state index contributed by atoms with van der Waals surface area (Å²) >= 11 is 3.35. The highest BCUT2D eigenvalue weighted by atomic mass is 79.9. The number of carbonyl (C=O) groups is 1. The second-order valence-electron chi connectivity index (χ2n) is 4.55. The summed E-state index contributed by atoms with van der Waals surface area (Å²) in [4.78, 5) is 22.2. The number of nitro groups is 1. The van der Waals surface area contributed by atoms with Crippen molar-refractivity contribution >= 4 is 27.5 Å². The molecule has 0 saturated heterocycles. The summed E-state index contributed by atoms with van der Waals surface area (Å²) in [7, 11) is 0. The summed E-state index contributed by atoms with van der Waals surface area (Å²) in [6.45, 7) is 4.25. The lowest BCUT2D eigenvalue weighted by molar-refractivity contribution is -0.385. The third kappa shape index (κ3) is 4.63. The molecule has 0 aromatic heterocycles. The van der Waals surface area contributed by atoms with Crippen LogP contribution in [0, 0.1) is 23.0 Å². The molecule has 0 spiro atoms. The van der Waals surface area contributed by atoms with E-state index < -0.39 is 4.92 Å². The first-order chi connectivity index (χ1) is 8.95. The maximum absolute atomic E-state index is 11.9. The highest BCUT2D eigenvalue weighted by Crippen LogP contribution is 2.19. The highest BCUT2D eigenvalue weighted by molar-refractivity contribution is 9.09. The molecular weight excluding hydrogens is 312 g/mol. The van der Waals surface area contributed by atoms with Gasteiger partial charge in [0.2, 0.25) is 0 Å². The van der Waals surface area contributed by atoms with Gasteiger partial charge in [0.05, 0.1) is 4.92 Å². The van der Waals surface area contributed by atoms with Gasteiger partial charge in [0.1, 0.15) is 0 Å². The Morgan fingerprint density at radius 3 is 2.79 bits per heavy atom. The lowest BCUT2D eigenvalue weighted by Gasteiger charge is -2.11. The Bertz CT molecular complexity index is 477. The van der Waals surface area contributed by atoms with Gasteiger partial charge in [0.15, 0.2) is 0 Å².